The van der Waals surface area contributed by atoms with Crippen LogP contribution in [0, 0.1) is 5.82 Å². The highest BCUT2D eigenvalue weighted by Gasteiger charge is 2.22. The number of rotatable bonds is 7. The lowest BCUT2D eigenvalue weighted by atomic mass is 10.1. The Hall–Kier alpha value is -3.70. The van der Waals surface area contributed by atoms with Crippen molar-refractivity contribution >= 4 is 32.8 Å². The van der Waals surface area contributed by atoms with E-state index in [0.717, 1.165) is 11.3 Å². The first-order chi connectivity index (χ1) is 15.4. The van der Waals surface area contributed by atoms with Gasteiger partial charge in [0.25, 0.3) is 5.91 Å². The number of carbonyl (C=O) groups is 1. The fourth-order valence-corrected chi connectivity index (χ4v) is 4.91. The van der Waals surface area contributed by atoms with Gasteiger partial charge < -0.3 is 10.1 Å². The summed E-state index contributed by atoms with van der Waals surface area (Å²) in [6.07, 6.45) is 3.08. The van der Waals surface area contributed by atoms with E-state index in [1.807, 2.05) is 0 Å². The summed E-state index contributed by atoms with van der Waals surface area (Å²) in [5.41, 5.74) is 1.26. The number of benzene rings is 2. The molecule has 0 radical (unpaired) electrons. The largest absolute Gasteiger partial charge is 0.430 e. The van der Waals surface area contributed by atoms with E-state index in [0.29, 0.717) is 22.6 Å². The molecule has 2 aromatic heterocycles. The van der Waals surface area contributed by atoms with Crippen LogP contribution in [0.1, 0.15) is 15.9 Å². The van der Waals surface area contributed by atoms with Gasteiger partial charge in [-0.3, -0.25) is 9.78 Å². The number of sulfone groups is 1. The molecule has 162 valence electrons. The summed E-state index contributed by atoms with van der Waals surface area (Å²) >= 11 is 0.821. The Morgan fingerprint density at radius 1 is 0.969 bits per heavy atom. The molecule has 1 N–H and O–H groups in total. The van der Waals surface area contributed by atoms with E-state index in [2.05, 4.69) is 20.5 Å². The number of nitrogens with one attached hydrogen (secondary N) is 1. The standard InChI is InChI=1S/C21H15FN4O4S2/c22-16-5-7-17(8-6-16)24-19(27)15-3-1-14(2-4-15)13-32(28,29)21-26-25-20(31-21)30-18-9-11-23-12-10-18/h1-12H,13H2,(H,24,27). The molecular weight excluding hydrogens is 455 g/mol. The maximum atomic E-state index is 13.0. The minimum atomic E-state index is -3.75. The molecule has 0 bridgehead atoms. The molecule has 0 saturated carbocycles. The van der Waals surface area contributed by atoms with E-state index in [9.17, 15) is 17.6 Å². The third kappa shape index (κ3) is 5.31. The predicted molar refractivity (Wildman–Crippen MR) is 116 cm³/mol. The Kier molecular flexibility index (Phi) is 6.19. The Morgan fingerprint density at radius 3 is 2.34 bits per heavy atom. The average molecular weight is 471 g/mol. The van der Waals surface area contributed by atoms with Crippen LogP contribution in [-0.2, 0) is 15.6 Å². The summed E-state index contributed by atoms with van der Waals surface area (Å²) < 4.78 is 43.7. The van der Waals surface area contributed by atoms with Crippen LogP contribution in [0.25, 0.3) is 0 Å². The number of nitrogens with zero attached hydrogens (tertiary/aromatic N) is 3. The van der Waals surface area contributed by atoms with Gasteiger partial charge in [0.15, 0.2) is 0 Å². The number of halogens is 1. The number of aromatic nitrogens is 3. The average Bonchev–Trinajstić information content (AvgIpc) is 3.26. The zero-order valence-electron chi connectivity index (χ0n) is 16.3. The molecule has 0 fully saturated rings. The highest BCUT2D eigenvalue weighted by Crippen LogP contribution is 2.28. The van der Waals surface area contributed by atoms with E-state index in [4.69, 9.17) is 4.74 Å². The lowest BCUT2D eigenvalue weighted by molar-refractivity contribution is 0.102. The van der Waals surface area contributed by atoms with Crippen molar-refractivity contribution < 1.29 is 22.3 Å². The van der Waals surface area contributed by atoms with Gasteiger partial charge in [0, 0.05) is 23.6 Å². The number of hydrogen-bond donors (Lipinski definition) is 1. The molecule has 8 nitrogen and oxygen atoms in total. The van der Waals surface area contributed by atoms with Crippen molar-refractivity contribution in [2.75, 3.05) is 5.32 Å². The molecule has 2 heterocycles. The zero-order valence-corrected chi connectivity index (χ0v) is 17.9. The summed E-state index contributed by atoms with van der Waals surface area (Å²) in [5, 5.41) is 10.2. The first-order valence-electron chi connectivity index (χ1n) is 9.19. The topological polar surface area (TPSA) is 111 Å². The smallest absolute Gasteiger partial charge is 0.300 e. The highest BCUT2D eigenvalue weighted by atomic mass is 32.2. The third-order valence-electron chi connectivity index (χ3n) is 4.18. The lowest BCUT2D eigenvalue weighted by Crippen LogP contribution is -2.12. The Labute approximate surface area is 186 Å². The normalized spacial score (nSPS) is 11.2. The molecule has 4 rings (SSSR count). The number of ether oxygens (including phenoxy) is 1. The van der Waals surface area contributed by atoms with E-state index < -0.39 is 21.6 Å². The van der Waals surface area contributed by atoms with Crippen molar-refractivity contribution in [3.8, 4) is 10.9 Å². The van der Waals surface area contributed by atoms with E-state index >= 15 is 0 Å². The number of carbonyl (C=O) groups excluding carboxylic acids is 1. The van der Waals surface area contributed by atoms with Gasteiger partial charge in [-0.1, -0.05) is 17.2 Å². The van der Waals surface area contributed by atoms with Crippen molar-refractivity contribution in [1.82, 2.24) is 15.2 Å². The monoisotopic (exact) mass is 470 g/mol. The quantitative estimate of drug-likeness (QED) is 0.433. The summed E-state index contributed by atoms with van der Waals surface area (Å²) in [7, 11) is -3.75. The molecule has 1 amide bonds. The molecular formula is C21H15FN4O4S2. The first kappa shape index (κ1) is 21.5. The molecule has 32 heavy (non-hydrogen) atoms. The maximum Gasteiger partial charge on any atom is 0.300 e. The molecule has 0 unspecified atom stereocenters. The molecule has 11 heteroatoms. The van der Waals surface area contributed by atoms with Crippen LogP contribution in [-0.4, -0.2) is 29.5 Å². The van der Waals surface area contributed by atoms with Crippen molar-refractivity contribution in [2.45, 2.75) is 10.1 Å². The zero-order chi connectivity index (χ0) is 22.6. The minimum Gasteiger partial charge on any atom is -0.430 e. The van der Waals surface area contributed by atoms with Gasteiger partial charge in [-0.05, 0) is 65.4 Å². The van der Waals surface area contributed by atoms with Gasteiger partial charge in [-0.25, -0.2) is 12.8 Å². The first-order valence-corrected chi connectivity index (χ1v) is 11.7. The van der Waals surface area contributed by atoms with Crippen LogP contribution in [0.5, 0.6) is 10.9 Å². The number of amides is 1. The predicted octanol–water partition coefficient (Wildman–Crippen LogP) is 4.09. The van der Waals surface area contributed by atoms with E-state index in [-0.39, 0.29) is 15.3 Å². The second kappa shape index (κ2) is 9.20. The SMILES string of the molecule is O=C(Nc1ccc(F)cc1)c1ccc(CS(=O)(=O)c2nnc(Oc3ccncc3)s2)cc1. The van der Waals surface area contributed by atoms with Gasteiger partial charge in [-0.2, -0.15) is 0 Å². The Bertz CT molecular complexity index is 1330. The number of anilines is 1. The fraction of sp³-hybridized carbons (Fsp3) is 0.0476. The molecule has 0 aliphatic rings. The summed E-state index contributed by atoms with van der Waals surface area (Å²) in [6.45, 7) is 0. The second-order valence-corrected chi connectivity index (χ2v) is 9.64. The second-order valence-electron chi connectivity index (χ2n) is 6.54. The number of pyridine rings is 1. The highest BCUT2D eigenvalue weighted by molar-refractivity contribution is 7.92. The summed E-state index contributed by atoms with van der Waals surface area (Å²) in [4.78, 5) is 16.2. The van der Waals surface area contributed by atoms with Gasteiger partial charge in [0.05, 0.1) is 5.75 Å². The third-order valence-corrected chi connectivity index (χ3v) is 7.12. The van der Waals surface area contributed by atoms with Crippen molar-refractivity contribution in [1.29, 1.82) is 0 Å². The van der Waals surface area contributed by atoms with Gasteiger partial charge in [0.2, 0.25) is 14.2 Å². The molecule has 0 aliphatic carbocycles. The van der Waals surface area contributed by atoms with Gasteiger partial charge >= 0.3 is 5.19 Å². The maximum absolute atomic E-state index is 13.0. The van der Waals surface area contributed by atoms with Gasteiger partial charge in [-0.15, -0.1) is 5.10 Å². The van der Waals surface area contributed by atoms with Crippen molar-refractivity contribution in [2.24, 2.45) is 0 Å². The molecule has 0 aliphatic heterocycles. The minimum absolute atomic E-state index is 0.0996. The summed E-state index contributed by atoms with van der Waals surface area (Å²) in [5.74, 6) is -0.640. The fourth-order valence-electron chi connectivity index (χ4n) is 2.64. The van der Waals surface area contributed by atoms with Crippen LogP contribution < -0.4 is 10.1 Å². The van der Waals surface area contributed by atoms with Gasteiger partial charge in [0.1, 0.15) is 11.6 Å². The van der Waals surface area contributed by atoms with Crippen LogP contribution >= 0.6 is 11.3 Å². The molecule has 0 saturated heterocycles. The van der Waals surface area contributed by atoms with Crippen molar-refractivity contribution in [3.63, 3.8) is 0 Å². The lowest BCUT2D eigenvalue weighted by Gasteiger charge is -2.06. The van der Waals surface area contributed by atoms with Crippen LogP contribution in [0.15, 0.2) is 77.4 Å². The van der Waals surface area contributed by atoms with Crippen molar-refractivity contribution in [3.05, 3.63) is 90.0 Å². The Balaban J connectivity index is 1.41. The summed E-state index contributed by atoms with van der Waals surface area (Å²) in [6, 6.07) is 14.7. The van der Waals surface area contributed by atoms with E-state index in [1.165, 1.54) is 48.8 Å². The molecule has 4 aromatic rings. The van der Waals surface area contributed by atoms with Crippen LogP contribution in [0.2, 0.25) is 0 Å². The van der Waals surface area contributed by atoms with Crippen LogP contribution in [0.4, 0.5) is 10.1 Å². The molecule has 2 aromatic carbocycles. The molecule has 0 atom stereocenters. The Morgan fingerprint density at radius 2 is 1.66 bits per heavy atom. The number of hydrogen-bond acceptors (Lipinski definition) is 8. The van der Waals surface area contributed by atoms with Crippen LogP contribution in [0.3, 0.4) is 0 Å². The molecule has 0 spiro atoms. The van der Waals surface area contributed by atoms with E-state index in [1.54, 1.807) is 24.3 Å².